The third-order valence-corrected chi connectivity index (χ3v) is 3.45. The van der Waals surface area contributed by atoms with Gasteiger partial charge in [0.15, 0.2) is 5.11 Å². The van der Waals surface area contributed by atoms with Crippen molar-refractivity contribution in [3.63, 3.8) is 0 Å². The lowest BCUT2D eigenvalue weighted by Crippen LogP contribution is -2.24. The van der Waals surface area contributed by atoms with E-state index in [4.69, 9.17) is 23.8 Å². The molecule has 0 aliphatic carbocycles. The maximum absolute atomic E-state index is 10.9. The zero-order valence-electron chi connectivity index (χ0n) is 12.4. The number of nitrogens with zero attached hydrogens (tertiary/aromatic N) is 3. The largest absolute Gasteiger partial charge is 0.326 e. The van der Waals surface area contributed by atoms with E-state index >= 15 is 0 Å². The van der Waals surface area contributed by atoms with Crippen LogP contribution in [0.1, 0.15) is 5.56 Å². The normalized spacial score (nSPS) is 10.4. The Morgan fingerprint density at radius 1 is 1.16 bits per heavy atom. The molecule has 2 aromatic rings. The van der Waals surface area contributed by atoms with E-state index in [-0.39, 0.29) is 27.2 Å². The monoisotopic (exact) mass is 379 g/mol. The summed E-state index contributed by atoms with van der Waals surface area (Å²) in [7, 11) is 0. The van der Waals surface area contributed by atoms with E-state index < -0.39 is 9.85 Å². The fraction of sp³-hybridized carbons (Fsp3) is 0. The van der Waals surface area contributed by atoms with E-state index in [1.807, 2.05) is 0 Å². The van der Waals surface area contributed by atoms with Gasteiger partial charge in [-0.15, -0.1) is 0 Å². The van der Waals surface area contributed by atoms with Crippen LogP contribution >= 0.6 is 23.8 Å². The van der Waals surface area contributed by atoms with Gasteiger partial charge in [-0.1, -0.05) is 23.7 Å². The standard InChI is InChI=1S/C14H10ClN5O4S/c15-11-6-5-10(19(21)22)7-9(11)8-16-18-14(25)17-12-3-1-2-4-13(12)20(23)24/h1-8H,(H2,17,18,25)/b16-8-. The third kappa shape index (κ3) is 4.93. The fourth-order valence-electron chi connectivity index (χ4n) is 1.79. The van der Waals surface area contributed by atoms with Crippen LogP contribution in [-0.4, -0.2) is 21.2 Å². The fourth-order valence-corrected chi connectivity index (χ4v) is 2.12. The molecular weight excluding hydrogens is 370 g/mol. The molecule has 2 N–H and O–H groups in total. The van der Waals surface area contributed by atoms with Gasteiger partial charge in [0.1, 0.15) is 5.69 Å². The van der Waals surface area contributed by atoms with Gasteiger partial charge in [0.2, 0.25) is 0 Å². The molecule has 2 aromatic carbocycles. The topological polar surface area (TPSA) is 123 Å². The molecule has 11 heteroatoms. The minimum Gasteiger partial charge on any atom is -0.326 e. The molecule has 9 nitrogen and oxygen atoms in total. The van der Waals surface area contributed by atoms with Crippen LogP contribution in [0.3, 0.4) is 0 Å². The Labute approximate surface area is 151 Å². The van der Waals surface area contributed by atoms with Crippen LogP contribution in [0.5, 0.6) is 0 Å². The number of para-hydroxylation sites is 2. The number of nitro groups is 2. The predicted molar refractivity (Wildman–Crippen MR) is 98.2 cm³/mol. The van der Waals surface area contributed by atoms with Gasteiger partial charge >= 0.3 is 0 Å². The molecular formula is C14H10ClN5O4S. The number of hydrogen-bond acceptors (Lipinski definition) is 6. The molecule has 0 bridgehead atoms. The molecule has 0 unspecified atom stereocenters. The van der Waals surface area contributed by atoms with Crippen LogP contribution in [0.4, 0.5) is 17.1 Å². The number of rotatable bonds is 5. The first kappa shape index (κ1) is 18.2. The summed E-state index contributed by atoms with van der Waals surface area (Å²) in [6.45, 7) is 0. The molecule has 0 aliphatic rings. The summed E-state index contributed by atoms with van der Waals surface area (Å²) in [5.74, 6) is 0. The smallest absolute Gasteiger partial charge is 0.292 e. The quantitative estimate of drug-likeness (QED) is 0.353. The molecule has 0 aromatic heterocycles. The average molecular weight is 380 g/mol. The number of hydrazone groups is 1. The summed E-state index contributed by atoms with van der Waals surface area (Å²) in [5.41, 5.74) is 2.71. The predicted octanol–water partition coefficient (Wildman–Crippen LogP) is 3.48. The van der Waals surface area contributed by atoms with E-state index in [2.05, 4.69) is 15.8 Å². The number of benzene rings is 2. The molecule has 0 saturated heterocycles. The third-order valence-electron chi connectivity index (χ3n) is 2.91. The van der Waals surface area contributed by atoms with E-state index in [1.165, 1.54) is 42.6 Å². The van der Waals surface area contributed by atoms with Crippen molar-refractivity contribution < 1.29 is 9.85 Å². The highest BCUT2D eigenvalue weighted by Crippen LogP contribution is 2.23. The lowest BCUT2D eigenvalue weighted by atomic mass is 10.2. The summed E-state index contributed by atoms with van der Waals surface area (Å²) in [6, 6.07) is 9.88. The molecule has 0 amide bonds. The summed E-state index contributed by atoms with van der Waals surface area (Å²) in [4.78, 5) is 20.6. The van der Waals surface area contributed by atoms with Crippen LogP contribution in [-0.2, 0) is 0 Å². The summed E-state index contributed by atoms with van der Waals surface area (Å²) in [5, 5.41) is 28.4. The second-order valence-corrected chi connectivity index (χ2v) is 5.38. The first-order valence-electron chi connectivity index (χ1n) is 6.66. The Morgan fingerprint density at radius 2 is 1.88 bits per heavy atom. The molecule has 0 radical (unpaired) electrons. The minimum atomic E-state index is -0.554. The van der Waals surface area contributed by atoms with Crippen molar-refractivity contribution in [2.45, 2.75) is 0 Å². The Morgan fingerprint density at radius 3 is 2.56 bits per heavy atom. The van der Waals surface area contributed by atoms with Crippen molar-refractivity contribution in [1.29, 1.82) is 0 Å². The summed E-state index contributed by atoms with van der Waals surface area (Å²) >= 11 is 10.9. The number of halogens is 1. The lowest BCUT2D eigenvalue weighted by molar-refractivity contribution is -0.384. The van der Waals surface area contributed by atoms with Gasteiger partial charge in [0.05, 0.1) is 16.1 Å². The lowest BCUT2D eigenvalue weighted by Gasteiger charge is -2.07. The van der Waals surface area contributed by atoms with Crippen LogP contribution < -0.4 is 10.7 Å². The molecule has 0 atom stereocenters. The van der Waals surface area contributed by atoms with Crippen molar-refractivity contribution in [3.8, 4) is 0 Å². The first-order chi connectivity index (χ1) is 11.9. The maximum Gasteiger partial charge on any atom is 0.292 e. The number of thiocarbonyl (C=S) groups is 1. The second kappa shape index (κ2) is 8.13. The van der Waals surface area contributed by atoms with E-state index in [0.717, 1.165) is 0 Å². The molecule has 0 spiro atoms. The highest BCUT2D eigenvalue weighted by Gasteiger charge is 2.13. The molecule has 0 aliphatic heterocycles. The molecule has 2 rings (SSSR count). The zero-order chi connectivity index (χ0) is 18.4. The van der Waals surface area contributed by atoms with Crippen molar-refractivity contribution >= 4 is 52.2 Å². The average Bonchev–Trinajstić information content (AvgIpc) is 2.56. The molecule has 0 heterocycles. The SMILES string of the molecule is O=[N+]([O-])c1ccc(Cl)c(/C=N\NC(=S)Nc2ccccc2[N+](=O)[O-])c1. The van der Waals surface area contributed by atoms with Gasteiger partial charge in [-0.3, -0.25) is 25.7 Å². The number of anilines is 1. The van der Waals surface area contributed by atoms with Crippen LogP contribution in [0.25, 0.3) is 0 Å². The first-order valence-corrected chi connectivity index (χ1v) is 7.44. The van der Waals surface area contributed by atoms with Crippen molar-refractivity contribution in [3.05, 3.63) is 73.3 Å². The Hall–Kier alpha value is -3.11. The number of nitro benzene ring substituents is 2. The minimum absolute atomic E-state index is 0.00658. The van der Waals surface area contributed by atoms with Gasteiger partial charge in [0.25, 0.3) is 11.4 Å². The van der Waals surface area contributed by atoms with Gasteiger partial charge in [-0.2, -0.15) is 5.10 Å². The van der Waals surface area contributed by atoms with Crippen molar-refractivity contribution in [1.82, 2.24) is 5.43 Å². The summed E-state index contributed by atoms with van der Waals surface area (Å²) in [6.07, 6.45) is 1.25. The number of hydrogen-bond donors (Lipinski definition) is 2. The van der Waals surface area contributed by atoms with Crippen LogP contribution in [0, 0.1) is 20.2 Å². The number of non-ortho nitro benzene ring substituents is 1. The molecule has 128 valence electrons. The van der Waals surface area contributed by atoms with Crippen LogP contribution in [0.2, 0.25) is 5.02 Å². The van der Waals surface area contributed by atoms with Gasteiger partial charge in [-0.25, -0.2) is 0 Å². The van der Waals surface area contributed by atoms with Gasteiger partial charge in [0, 0.05) is 28.8 Å². The highest BCUT2D eigenvalue weighted by atomic mass is 35.5. The Balaban J connectivity index is 2.06. The second-order valence-electron chi connectivity index (χ2n) is 4.56. The Bertz CT molecular complexity index is 874. The van der Waals surface area contributed by atoms with E-state index in [1.54, 1.807) is 6.07 Å². The van der Waals surface area contributed by atoms with Gasteiger partial charge in [-0.05, 0) is 24.4 Å². The molecule has 25 heavy (non-hydrogen) atoms. The van der Waals surface area contributed by atoms with E-state index in [9.17, 15) is 20.2 Å². The van der Waals surface area contributed by atoms with Crippen molar-refractivity contribution in [2.24, 2.45) is 5.10 Å². The zero-order valence-corrected chi connectivity index (χ0v) is 14.0. The Kier molecular flexibility index (Phi) is 5.93. The van der Waals surface area contributed by atoms with E-state index in [0.29, 0.717) is 5.56 Å². The molecule has 0 saturated carbocycles. The highest BCUT2D eigenvalue weighted by molar-refractivity contribution is 7.80. The van der Waals surface area contributed by atoms with Gasteiger partial charge < -0.3 is 5.32 Å². The molecule has 0 fully saturated rings. The van der Waals surface area contributed by atoms with Crippen molar-refractivity contribution in [2.75, 3.05) is 5.32 Å². The van der Waals surface area contributed by atoms with Crippen LogP contribution in [0.15, 0.2) is 47.6 Å². The summed E-state index contributed by atoms with van der Waals surface area (Å²) < 4.78 is 0. The maximum atomic E-state index is 10.9. The number of nitrogens with one attached hydrogen (secondary N) is 2.